The number of benzene rings is 2. The molecule has 1 saturated carbocycles. The third-order valence-electron chi connectivity index (χ3n) is 6.97. The van der Waals surface area contributed by atoms with Crippen molar-refractivity contribution in [2.45, 2.75) is 47.8 Å². The van der Waals surface area contributed by atoms with Crippen LogP contribution in [0.4, 0.5) is 0 Å². The molecule has 1 aliphatic carbocycles. The highest BCUT2D eigenvalue weighted by Gasteiger charge is 2.58. The van der Waals surface area contributed by atoms with Crippen LogP contribution in [-0.4, -0.2) is 24.1 Å². The molecule has 2 aromatic carbocycles. The van der Waals surface area contributed by atoms with E-state index in [1.165, 1.54) is 28.9 Å². The summed E-state index contributed by atoms with van der Waals surface area (Å²) in [6.07, 6.45) is 5.32. The summed E-state index contributed by atoms with van der Waals surface area (Å²) in [4.78, 5) is 16.5. The van der Waals surface area contributed by atoms with Crippen molar-refractivity contribution in [2.75, 3.05) is 13.3 Å². The van der Waals surface area contributed by atoms with E-state index in [9.17, 15) is 4.79 Å². The molecule has 2 aromatic rings. The van der Waals surface area contributed by atoms with E-state index in [0.29, 0.717) is 18.2 Å². The maximum Gasteiger partial charge on any atom is 0.231 e. The van der Waals surface area contributed by atoms with E-state index < -0.39 is 0 Å². The summed E-state index contributed by atoms with van der Waals surface area (Å²) in [5, 5.41) is 0.210. The van der Waals surface area contributed by atoms with Gasteiger partial charge in [0.2, 0.25) is 12.7 Å². The van der Waals surface area contributed by atoms with E-state index in [-0.39, 0.29) is 17.6 Å². The summed E-state index contributed by atoms with van der Waals surface area (Å²) >= 11 is 1.85. The van der Waals surface area contributed by atoms with Crippen molar-refractivity contribution in [3.8, 4) is 11.5 Å². The average Bonchev–Trinajstić information content (AvgIpc) is 3.29. The molecule has 4 aliphatic rings. The first-order valence-electron chi connectivity index (χ1n) is 10.2. The molecular weight excluding hydrogens is 370 g/mol. The normalized spacial score (nSPS) is 30.0. The Morgan fingerprint density at radius 1 is 1.07 bits per heavy atom. The molecule has 0 radical (unpaired) electrons. The van der Waals surface area contributed by atoms with E-state index >= 15 is 0 Å². The predicted octanol–water partition coefficient (Wildman–Crippen LogP) is 4.88. The largest absolute Gasteiger partial charge is 0.454 e. The first kappa shape index (κ1) is 16.8. The van der Waals surface area contributed by atoms with Crippen molar-refractivity contribution in [3.05, 3.63) is 53.6 Å². The second-order valence-electron chi connectivity index (χ2n) is 8.29. The lowest BCUT2D eigenvalue weighted by Crippen LogP contribution is -2.52. The lowest BCUT2D eigenvalue weighted by molar-refractivity contribution is -0.132. The topological polar surface area (TPSA) is 38.8 Å². The molecule has 0 unspecified atom stereocenters. The number of nitrogens with zero attached hydrogens (tertiary/aromatic N) is 1. The molecule has 3 aliphatic heterocycles. The lowest BCUT2D eigenvalue weighted by atomic mass is 9.66. The molecule has 3 atom stereocenters. The van der Waals surface area contributed by atoms with Gasteiger partial charge in [0, 0.05) is 17.9 Å². The second-order valence-corrected chi connectivity index (χ2v) is 9.56. The fourth-order valence-corrected chi connectivity index (χ4v) is 6.98. The predicted molar refractivity (Wildman–Crippen MR) is 108 cm³/mol. The number of hydrogen-bond acceptors (Lipinski definition) is 4. The van der Waals surface area contributed by atoms with Crippen molar-refractivity contribution in [1.29, 1.82) is 0 Å². The van der Waals surface area contributed by atoms with Crippen LogP contribution >= 0.6 is 11.8 Å². The minimum absolute atomic E-state index is 0.139. The molecule has 144 valence electrons. The monoisotopic (exact) mass is 393 g/mol. The fourth-order valence-electron chi connectivity index (χ4n) is 5.79. The third-order valence-corrected chi connectivity index (χ3v) is 8.20. The highest BCUT2D eigenvalue weighted by molar-refractivity contribution is 7.99. The SMILES string of the molecule is O=C1C[C@@H]2CCCC[C@@]23c2cc4c(cc2[C@@H](Sc2ccccc2)CN13)OCO4. The number of ether oxygens (including phenoxy) is 2. The zero-order chi connectivity index (χ0) is 18.7. The van der Waals surface area contributed by atoms with Crippen molar-refractivity contribution >= 4 is 17.7 Å². The van der Waals surface area contributed by atoms with E-state index in [2.05, 4.69) is 41.3 Å². The van der Waals surface area contributed by atoms with Crippen LogP contribution in [0.2, 0.25) is 0 Å². The molecule has 1 amide bonds. The molecule has 28 heavy (non-hydrogen) atoms. The summed E-state index contributed by atoms with van der Waals surface area (Å²) in [7, 11) is 0. The summed E-state index contributed by atoms with van der Waals surface area (Å²) in [5.74, 6) is 2.44. The standard InChI is InChI=1S/C23H23NO3S/c25-22-10-15-6-4-5-9-23(15)18-12-20-19(26-14-27-20)11-17(18)21(13-24(22)23)28-16-7-2-1-3-8-16/h1-3,7-8,11-12,15,21H,4-6,9-10,13-14H2/t15-,21-,23-/m0/s1. The summed E-state index contributed by atoms with van der Waals surface area (Å²) in [6, 6.07) is 14.9. The van der Waals surface area contributed by atoms with Crippen LogP contribution in [0.25, 0.3) is 0 Å². The summed E-state index contributed by atoms with van der Waals surface area (Å²) < 4.78 is 11.5. The van der Waals surface area contributed by atoms with Crippen molar-refractivity contribution in [3.63, 3.8) is 0 Å². The Morgan fingerprint density at radius 2 is 1.89 bits per heavy atom. The van der Waals surface area contributed by atoms with Crippen LogP contribution in [0.3, 0.4) is 0 Å². The maximum absolute atomic E-state index is 13.1. The lowest BCUT2D eigenvalue weighted by Gasteiger charge is -2.51. The van der Waals surface area contributed by atoms with Crippen LogP contribution in [0.5, 0.6) is 11.5 Å². The third kappa shape index (κ3) is 2.29. The summed E-state index contributed by atoms with van der Waals surface area (Å²) in [6.45, 7) is 1.06. The Morgan fingerprint density at radius 3 is 2.75 bits per heavy atom. The zero-order valence-electron chi connectivity index (χ0n) is 15.7. The van der Waals surface area contributed by atoms with Crippen molar-refractivity contribution < 1.29 is 14.3 Å². The Balaban J connectivity index is 1.52. The molecule has 5 heteroatoms. The number of rotatable bonds is 2. The van der Waals surface area contributed by atoms with Crippen LogP contribution in [-0.2, 0) is 10.3 Å². The number of thioether (sulfide) groups is 1. The Labute approximate surface area is 169 Å². The van der Waals surface area contributed by atoms with Gasteiger partial charge in [-0.1, -0.05) is 31.0 Å². The van der Waals surface area contributed by atoms with Gasteiger partial charge in [-0.15, -0.1) is 11.8 Å². The van der Waals surface area contributed by atoms with Gasteiger partial charge in [-0.3, -0.25) is 4.79 Å². The van der Waals surface area contributed by atoms with E-state index in [0.717, 1.165) is 30.9 Å². The number of fused-ring (bicyclic) bond motifs is 2. The average molecular weight is 394 g/mol. The van der Waals surface area contributed by atoms with E-state index in [4.69, 9.17) is 9.47 Å². The van der Waals surface area contributed by atoms with Gasteiger partial charge < -0.3 is 14.4 Å². The smallest absolute Gasteiger partial charge is 0.231 e. The molecule has 1 saturated heterocycles. The fraction of sp³-hybridized carbons (Fsp3) is 0.435. The first-order valence-corrected chi connectivity index (χ1v) is 11.1. The minimum atomic E-state index is -0.139. The van der Waals surface area contributed by atoms with Gasteiger partial charge >= 0.3 is 0 Å². The van der Waals surface area contributed by atoms with Gasteiger partial charge in [0.05, 0.1) is 10.8 Å². The van der Waals surface area contributed by atoms with Crippen LogP contribution < -0.4 is 9.47 Å². The Bertz CT molecular complexity index is 946. The van der Waals surface area contributed by atoms with Gasteiger partial charge in [0.25, 0.3) is 0 Å². The van der Waals surface area contributed by atoms with Gasteiger partial charge in [0.1, 0.15) is 0 Å². The number of carbonyl (C=O) groups excluding carboxylic acids is 1. The molecule has 6 rings (SSSR count). The zero-order valence-corrected chi connectivity index (χ0v) is 16.5. The molecule has 2 fully saturated rings. The molecule has 0 aromatic heterocycles. The molecule has 0 N–H and O–H groups in total. The van der Waals surface area contributed by atoms with Crippen LogP contribution in [0.1, 0.15) is 48.5 Å². The van der Waals surface area contributed by atoms with Crippen molar-refractivity contribution in [2.24, 2.45) is 5.92 Å². The number of amides is 1. The molecule has 3 heterocycles. The molecule has 1 spiro atoms. The Kier molecular flexibility index (Phi) is 3.70. The van der Waals surface area contributed by atoms with Crippen molar-refractivity contribution in [1.82, 2.24) is 4.90 Å². The van der Waals surface area contributed by atoms with Gasteiger partial charge in [0.15, 0.2) is 11.5 Å². The van der Waals surface area contributed by atoms with Gasteiger partial charge in [-0.05, 0) is 54.2 Å². The van der Waals surface area contributed by atoms with E-state index in [1.54, 1.807) is 0 Å². The quantitative estimate of drug-likeness (QED) is 0.729. The maximum atomic E-state index is 13.1. The second kappa shape index (κ2) is 6.18. The highest BCUT2D eigenvalue weighted by Crippen LogP contribution is 2.60. The minimum Gasteiger partial charge on any atom is -0.454 e. The van der Waals surface area contributed by atoms with Crippen LogP contribution in [0.15, 0.2) is 47.4 Å². The molecule has 4 nitrogen and oxygen atoms in total. The highest BCUT2D eigenvalue weighted by atomic mass is 32.2. The summed E-state index contributed by atoms with van der Waals surface area (Å²) in [5.41, 5.74) is 2.50. The molecular formula is C23H23NO3S. The van der Waals surface area contributed by atoms with E-state index in [1.807, 2.05) is 17.8 Å². The number of hydrogen-bond donors (Lipinski definition) is 0. The first-order chi connectivity index (χ1) is 13.8. The number of carbonyl (C=O) groups is 1. The molecule has 0 bridgehead atoms. The Hall–Kier alpha value is -2.14. The van der Waals surface area contributed by atoms with Gasteiger partial charge in [-0.25, -0.2) is 0 Å². The van der Waals surface area contributed by atoms with Gasteiger partial charge in [-0.2, -0.15) is 0 Å². The van der Waals surface area contributed by atoms with Crippen LogP contribution in [0, 0.1) is 5.92 Å².